The number of hydrogen-bond acceptors (Lipinski definition) is 4. The van der Waals surface area contributed by atoms with Crippen molar-refractivity contribution >= 4 is 5.91 Å². The number of amides is 1. The van der Waals surface area contributed by atoms with Gasteiger partial charge in [0.2, 0.25) is 5.91 Å². The molecule has 5 heteroatoms. The number of rotatable bonds is 7. The van der Waals surface area contributed by atoms with E-state index < -0.39 is 5.54 Å². The normalized spacial score (nSPS) is 16.9. The molecule has 90 valence electrons. The van der Waals surface area contributed by atoms with Crippen LogP contribution in [0.25, 0.3) is 0 Å². The van der Waals surface area contributed by atoms with Gasteiger partial charge in [0.25, 0.3) is 0 Å². The van der Waals surface area contributed by atoms with Crippen molar-refractivity contribution < 1.29 is 14.6 Å². The van der Waals surface area contributed by atoms with E-state index in [-0.39, 0.29) is 25.2 Å². The molecule has 15 heavy (non-hydrogen) atoms. The third-order valence-electron chi connectivity index (χ3n) is 2.21. The van der Waals surface area contributed by atoms with Gasteiger partial charge in [0.1, 0.15) is 0 Å². The van der Waals surface area contributed by atoms with Crippen LogP contribution in [0.1, 0.15) is 26.7 Å². The fourth-order valence-electron chi connectivity index (χ4n) is 1.32. The van der Waals surface area contributed by atoms with Crippen LogP contribution in [0.5, 0.6) is 0 Å². The minimum Gasteiger partial charge on any atom is -0.394 e. The first-order valence-electron chi connectivity index (χ1n) is 5.17. The first-order valence-corrected chi connectivity index (χ1v) is 5.17. The van der Waals surface area contributed by atoms with Crippen LogP contribution in [0.3, 0.4) is 0 Å². The summed E-state index contributed by atoms with van der Waals surface area (Å²) in [4.78, 5) is 11.7. The molecule has 0 heterocycles. The highest BCUT2D eigenvalue weighted by molar-refractivity contribution is 5.85. The molecule has 0 rings (SSSR count). The van der Waals surface area contributed by atoms with Crippen molar-refractivity contribution in [1.29, 1.82) is 0 Å². The van der Waals surface area contributed by atoms with Gasteiger partial charge in [0.05, 0.1) is 24.8 Å². The number of carbonyl (C=O) groups excluding carboxylic acids is 1. The minimum atomic E-state index is -0.879. The average molecular weight is 218 g/mol. The lowest BCUT2D eigenvalue weighted by Crippen LogP contribution is -2.55. The van der Waals surface area contributed by atoms with E-state index in [1.165, 1.54) is 7.11 Å². The molecule has 0 saturated carbocycles. The Morgan fingerprint density at radius 2 is 2.27 bits per heavy atom. The molecule has 0 fully saturated rings. The maximum atomic E-state index is 11.7. The molecule has 1 amide bonds. The maximum absolute atomic E-state index is 11.7. The second-order valence-electron chi connectivity index (χ2n) is 3.98. The van der Waals surface area contributed by atoms with E-state index in [2.05, 4.69) is 5.32 Å². The molecule has 4 N–H and O–H groups in total. The Morgan fingerprint density at radius 3 is 2.67 bits per heavy atom. The molecule has 2 unspecified atom stereocenters. The number of aliphatic hydroxyl groups excluding tert-OH is 1. The maximum Gasteiger partial charge on any atom is 0.240 e. The predicted molar refractivity (Wildman–Crippen MR) is 58.4 cm³/mol. The van der Waals surface area contributed by atoms with Gasteiger partial charge in [-0.3, -0.25) is 4.79 Å². The molecule has 0 aliphatic heterocycles. The van der Waals surface area contributed by atoms with Crippen LogP contribution in [-0.4, -0.2) is 42.9 Å². The molecule has 0 aromatic rings. The highest BCUT2D eigenvalue weighted by atomic mass is 16.5. The minimum absolute atomic E-state index is 0.151. The summed E-state index contributed by atoms with van der Waals surface area (Å²) in [6.07, 6.45) is 1.46. The Balaban J connectivity index is 4.20. The third kappa shape index (κ3) is 5.11. The Hall–Kier alpha value is -0.650. The van der Waals surface area contributed by atoms with Crippen LogP contribution in [0.4, 0.5) is 0 Å². The van der Waals surface area contributed by atoms with E-state index in [9.17, 15) is 4.79 Å². The van der Waals surface area contributed by atoms with Crippen molar-refractivity contribution in [1.82, 2.24) is 5.32 Å². The van der Waals surface area contributed by atoms with Crippen molar-refractivity contribution in [2.45, 2.75) is 38.3 Å². The van der Waals surface area contributed by atoms with Gasteiger partial charge in [-0.2, -0.15) is 0 Å². The zero-order chi connectivity index (χ0) is 11.9. The standard InChI is InChI=1S/C10H22N2O3/c1-4-5-10(2,11)9(14)12-8(6-13)7-15-3/h8,13H,4-7,11H2,1-3H3,(H,12,14). The van der Waals surface area contributed by atoms with Crippen LogP contribution < -0.4 is 11.1 Å². The molecule has 0 aliphatic rings. The van der Waals surface area contributed by atoms with Gasteiger partial charge in [0, 0.05) is 7.11 Å². The van der Waals surface area contributed by atoms with Crippen molar-refractivity contribution in [2.24, 2.45) is 5.73 Å². The fourth-order valence-corrected chi connectivity index (χ4v) is 1.32. The molecular formula is C10H22N2O3. The number of carbonyl (C=O) groups is 1. The topological polar surface area (TPSA) is 84.6 Å². The molecule has 0 aromatic carbocycles. The predicted octanol–water partition coefficient (Wildman–Crippen LogP) is -0.373. The van der Waals surface area contributed by atoms with Crippen LogP contribution in [-0.2, 0) is 9.53 Å². The van der Waals surface area contributed by atoms with Crippen molar-refractivity contribution in [3.63, 3.8) is 0 Å². The largest absolute Gasteiger partial charge is 0.394 e. The Morgan fingerprint density at radius 1 is 1.67 bits per heavy atom. The summed E-state index contributed by atoms with van der Waals surface area (Å²) in [5, 5.41) is 11.6. The molecule has 0 radical (unpaired) electrons. The van der Waals surface area contributed by atoms with Crippen LogP contribution in [0.15, 0.2) is 0 Å². The summed E-state index contributed by atoms with van der Waals surface area (Å²) in [5.74, 6) is -0.250. The van der Waals surface area contributed by atoms with Gasteiger partial charge >= 0.3 is 0 Å². The molecule has 5 nitrogen and oxygen atoms in total. The first-order chi connectivity index (χ1) is 6.97. The summed E-state index contributed by atoms with van der Waals surface area (Å²) >= 11 is 0. The molecule has 0 bridgehead atoms. The smallest absolute Gasteiger partial charge is 0.240 e. The van der Waals surface area contributed by atoms with E-state index in [0.29, 0.717) is 6.42 Å². The van der Waals surface area contributed by atoms with Gasteiger partial charge < -0.3 is 20.9 Å². The number of ether oxygens (including phenoxy) is 1. The van der Waals surface area contributed by atoms with Crippen LogP contribution in [0.2, 0.25) is 0 Å². The van der Waals surface area contributed by atoms with Crippen molar-refractivity contribution in [3.8, 4) is 0 Å². The number of nitrogens with two attached hydrogens (primary N) is 1. The van der Waals surface area contributed by atoms with Gasteiger partial charge in [0.15, 0.2) is 0 Å². The van der Waals surface area contributed by atoms with Gasteiger partial charge in [-0.25, -0.2) is 0 Å². The summed E-state index contributed by atoms with van der Waals surface area (Å²) in [7, 11) is 1.52. The molecule has 0 aromatic heterocycles. The molecule has 0 aliphatic carbocycles. The molecular weight excluding hydrogens is 196 g/mol. The summed E-state index contributed by atoms with van der Waals surface area (Å²) in [5.41, 5.74) is 4.96. The molecule has 0 saturated heterocycles. The Bertz CT molecular complexity index is 195. The van der Waals surface area contributed by atoms with Crippen molar-refractivity contribution in [2.75, 3.05) is 20.3 Å². The number of nitrogens with one attached hydrogen (secondary N) is 1. The average Bonchev–Trinajstić information content (AvgIpc) is 2.16. The fraction of sp³-hybridized carbons (Fsp3) is 0.900. The second-order valence-corrected chi connectivity index (χ2v) is 3.98. The summed E-state index contributed by atoms with van der Waals surface area (Å²) in [6.45, 7) is 3.79. The third-order valence-corrected chi connectivity index (χ3v) is 2.21. The lowest BCUT2D eigenvalue weighted by molar-refractivity contribution is -0.127. The number of aliphatic hydroxyl groups is 1. The highest BCUT2D eigenvalue weighted by Crippen LogP contribution is 2.08. The van der Waals surface area contributed by atoms with Gasteiger partial charge in [-0.15, -0.1) is 0 Å². The SMILES string of the molecule is CCCC(C)(N)C(=O)NC(CO)COC. The van der Waals surface area contributed by atoms with Crippen molar-refractivity contribution in [3.05, 3.63) is 0 Å². The quantitative estimate of drug-likeness (QED) is 0.544. The van der Waals surface area contributed by atoms with Crippen LogP contribution in [0, 0.1) is 0 Å². The van der Waals surface area contributed by atoms with Gasteiger partial charge in [-0.1, -0.05) is 13.3 Å². The van der Waals surface area contributed by atoms with Gasteiger partial charge in [-0.05, 0) is 13.3 Å². The zero-order valence-corrected chi connectivity index (χ0v) is 9.75. The monoisotopic (exact) mass is 218 g/mol. The Kier molecular flexibility index (Phi) is 6.47. The second kappa shape index (κ2) is 6.76. The zero-order valence-electron chi connectivity index (χ0n) is 9.75. The van der Waals surface area contributed by atoms with E-state index in [4.69, 9.17) is 15.6 Å². The number of methoxy groups -OCH3 is 1. The summed E-state index contributed by atoms with van der Waals surface area (Å²) < 4.78 is 4.85. The van der Waals surface area contributed by atoms with E-state index in [1.54, 1.807) is 6.92 Å². The lowest BCUT2D eigenvalue weighted by Gasteiger charge is -2.25. The lowest BCUT2D eigenvalue weighted by atomic mass is 9.96. The number of hydrogen-bond donors (Lipinski definition) is 3. The molecule has 2 atom stereocenters. The molecule has 0 spiro atoms. The van der Waals surface area contributed by atoms with E-state index >= 15 is 0 Å². The summed E-state index contributed by atoms with van der Waals surface area (Å²) in [6, 6.07) is -0.387. The first kappa shape index (κ1) is 14.3. The Labute approximate surface area is 91.0 Å². The van der Waals surface area contributed by atoms with E-state index in [1.807, 2.05) is 6.92 Å². The van der Waals surface area contributed by atoms with Crippen LogP contribution >= 0.6 is 0 Å². The van der Waals surface area contributed by atoms with E-state index in [0.717, 1.165) is 6.42 Å². The highest BCUT2D eigenvalue weighted by Gasteiger charge is 2.28.